The van der Waals surface area contributed by atoms with E-state index in [1.54, 1.807) is 32.2 Å². The number of nitrogens with zero attached hydrogens (tertiary/aromatic N) is 2. The van der Waals surface area contributed by atoms with Crippen molar-refractivity contribution in [1.29, 1.82) is 0 Å². The zero-order valence-corrected chi connectivity index (χ0v) is 13.4. The minimum Gasteiger partial charge on any atom is -0.538 e. The molecule has 0 aliphatic rings. The van der Waals surface area contributed by atoms with Crippen LogP contribution in [0.1, 0.15) is 6.92 Å². The van der Waals surface area contributed by atoms with Gasteiger partial charge in [0.2, 0.25) is 5.91 Å². The Morgan fingerprint density at radius 2 is 2.05 bits per heavy atom. The van der Waals surface area contributed by atoms with Gasteiger partial charge in [-0.25, -0.2) is 0 Å². The Labute approximate surface area is 135 Å². The van der Waals surface area contributed by atoms with Crippen molar-refractivity contribution in [3.8, 4) is 5.95 Å². The Hall–Kier alpha value is -1.44. The molecule has 112 valence electrons. The predicted molar refractivity (Wildman–Crippen MR) is 77.5 cm³/mol. The maximum Gasteiger partial charge on any atom is 0.291 e. The molecule has 0 aliphatic heterocycles. The molecule has 1 amide bonds. The lowest BCUT2D eigenvalue weighted by molar-refractivity contribution is -0.772. The number of nitrogens with one attached hydrogen (secondary N) is 1. The number of rotatable bonds is 4. The van der Waals surface area contributed by atoms with E-state index in [9.17, 15) is 9.90 Å². The van der Waals surface area contributed by atoms with E-state index in [2.05, 4.69) is 15.1 Å². The molecule has 1 aromatic carbocycles. The van der Waals surface area contributed by atoms with E-state index in [1.165, 1.54) is 4.68 Å². The van der Waals surface area contributed by atoms with Crippen LogP contribution in [-0.4, -0.2) is 16.4 Å². The van der Waals surface area contributed by atoms with Crippen LogP contribution in [0, 0.1) is 0 Å². The standard InChI is InChI=1S/C12H11Cl2N3O3S/c1-6(21-11-12(19)20-16-17(11)2)10(18)15-9-4-7(13)3-8(14)5-9/h3-6H,1-2H3,(H-,15,16,18,19). The predicted octanol–water partition coefficient (Wildman–Crippen LogP) is 2.00. The Morgan fingerprint density at radius 3 is 2.57 bits per heavy atom. The van der Waals surface area contributed by atoms with Crippen LogP contribution in [0.15, 0.2) is 27.7 Å². The molecule has 0 spiro atoms. The molecule has 0 fully saturated rings. The van der Waals surface area contributed by atoms with E-state index >= 15 is 0 Å². The van der Waals surface area contributed by atoms with Gasteiger partial charge in [0.15, 0.2) is 13.0 Å². The Bertz CT molecular complexity index is 638. The van der Waals surface area contributed by atoms with Crippen molar-refractivity contribution in [2.75, 3.05) is 5.32 Å². The van der Waals surface area contributed by atoms with Crippen LogP contribution in [0.3, 0.4) is 0 Å². The molecule has 2 aromatic rings. The molecule has 9 heteroatoms. The third-order valence-electron chi connectivity index (χ3n) is 2.50. The van der Waals surface area contributed by atoms with E-state index in [-0.39, 0.29) is 10.9 Å². The number of amides is 1. The van der Waals surface area contributed by atoms with Crippen LogP contribution in [0.2, 0.25) is 10.0 Å². The molecule has 2 rings (SSSR count). The van der Waals surface area contributed by atoms with Crippen LogP contribution in [0.25, 0.3) is 0 Å². The Morgan fingerprint density at radius 1 is 1.43 bits per heavy atom. The molecule has 0 aliphatic carbocycles. The van der Waals surface area contributed by atoms with Crippen LogP contribution in [0.5, 0.6) is 5.95 Å². The molecule has 1 atom stereocenters. The summed E-state index contributed by atoms with van der Waals surface area (Å²) in [6.07, 6.45) is 0. The molecule has 6 nitrogen and oxygen atoms in total. The van der Waals surface area contributed by atoms with Gasteiger partial charge < -0.3 is 14.9 Å². The molecule has 1 unspecified atom stereocenters. The van der Waals surface area contributed by atoms with Crippen molar-refractivity contribution < 1.29 is 19.1 Å². The molecule has 0 bridgehead atoms. The van der Waals surface area contributed by atoms with E-state index in [0.717, 1.165) is 11.8 Å². The van der Waals surface area contributed by atoms with E-state index < -0.39 is 11.2 Å². The van der Waals surface area contributed by atoms with Gasteiger partial charge in [-0.2, -0.15) is 0 Å². The van der Waals surface area contributed by atoms with Crippen LogP contribution in [0.4, 0.5) is 5.69 Å². The fraction of sp³-hybridized carbons (Fsp3) is 0.250. The van der Waals surface area contributed by atoms with Gasteiger partial charge in [0.05, 0.1) is 10.5 Å². The SMILES string of the molecule is CC(Sc1c([O-])on[n+]1C)C(=O)Nc1cc(Cl)cc(Cl)c1. The lowest BCUT2D eigenvalue weighted by atomic mass is 10.3. The topological polar surface area (TPSA) is 82.1 Å². The second kappa shape index (κ2) is 6.55. The second-order valence-corrected chi connectivity index (χ2v) is 6.40. The highest BCUT2D eigenvalue weighted by atomic mass is 35.5. The Balaban J connectivity index is 2.06. The third kappa shape index (κ3) is 4.03. The molecule has 0 saturated carbocycles. The molecule has 1 heterocycles. The van der Waals surface area contributed by atoms with Gasteiger partial charge in [-0.05, 0) is 36.9 Å². The largest absolute Gasteiger partial charge is 0.538 e. The maximum absolute atomic E-state index is 12.1. The third-order valence-corrected chi connectivity index (χ3v) is 4.16. The van der Waals surface area contributed by atoms with Crippen LogP contribution in [-0.2, 0) is 11.8 Å². The number of benzene rings is 1. The van der Waals surface area contributed by atoms with Gasteiger partial charge in [0, 0.05) is 15.7 Å². The quantitative estimate of drug-likeness (QED) is 0.675. The second-order valence-electron chi connectivity index (χ2n) is 4.20. The van der Waals surface area contributed by atoms with Crippen molar-refractivity contribution in [1.82, 2.24) is 5.27 Å². The zero-order valence-electron chi connectivity index (χ0n) is 11.1. The lowest BCUT2D eigenvalue weighted by Gasteiger charge is -2.10. The minimum atomic E-state index is -0.576. The highest BCUT2D eigenvalue weighted by Crippen LogP contribution is 2.27. The number of hydrogen-bond acceptors (Lipinski definition) is 5. The van der Waals surface area contributed by atoms with Gasteiger partial charge in [0.1, 0.15) is 0 Å². The number of aryl methyl sites for hydroxylation is 1. The smallest absolute Gasteiger partial charge is 0.291 e. The summed E-state index contributed by atoms with van der Waals surface area (Å²) >= 11 is 12.8. The van der Waals surface area contributed by atoms with Gasteiger partial charge in [-0.3, -0.25) is 4.79 Å². The van der Waals surface area contributed by atoms with Crippen LogP contribution < -0.4 is 15.1 Å². The number of thioether (sulfide) groups is 1. The van der Waals surface area contributed by atoms with Crippen molar-refractivity contribution in [2.45, 2.75) is 17.2 Å². The van der Waals surface area contributed by atoms with Crippen molar-refractivity contribution in [3.63, 3.8) is 0 Å². The van der Waals surface area contributed by atoms with Crippen molar-refractivity contribution >= 4 is 46.6 Å². The average Bonchev–Trinajstić information content (AvgIpc) is 2.69. The van der Waals surface area contributed by atoms with E-state index in [1.807, 2.05) is 0 Å². The first kappa shape index (κ1) is 15.9. The molecule has 0 saturated heterocycles. The molecule has 1 aromatic heterocycles. The van der Waals surface area contributed by atoms with Crippen molar-refractivity contribution in [3.05, 3.63) is 28.2 Å². The highest BCUT2D eigenvalue weighted by molar-refractivity contribution is 8.00. The fourth-order valence-electron chi connectivity index (χ4n) is 1.52. The van der Waals surface area contributed by atoms with Gasteiger partial charge >= 0.3 is 0 Å². The zero-order chi connectivity index (χ0) is 15.6. The summed E-state index contributed by atoms with van der Waals surface area (Å²) in [5.74, 6) is -0.869. The fourth-order valence-corrected chi connectivity index (χ4v) is 2.87. The van der Waals surface area contributed by atoms with E-state index in [4.69, 9.17) is 23.2 Å². The normalized spacial score (nSPS) is 12.2. The number of aromatic nitrogens is 2. The van der Waals surface area contributed by atoms with E-state index in [0.29, 0.717) is 15.7 Å². The van der Waals surface area contributed by atoms with Crippen LogP contribution >= 0.6 is 35.0 Å². The first-order valence-corrected chi connectivity index (χ1v) is 7.47. The number of halogens is 2. The van der Waals surface area contributed by atoms with Gasteiger partial charge in [-0.15, -0.1) is 0 Å². The number of carbonyl (C=O) groups is 1. The first-order valence-electron chi connectivity index (χ1n) is 5.83. The molecule has 0 radical (unpaired) electrons. The first-order chi connectivity index (χ1) is 9.86. The molecule has 1 N–H and O–H groups in total. The minimum absolute atomic E-state index is 0.252. The van der Waals surface area contributed by atoms with Gasteiger partial charge in [0.25, 0.3) is 5.03 Å². The summed E-state index contributed by atoms with van der Waals surface area (Å²) < 4.78 is 5.78. The number of hydrogen-bond donors (Lipinski definition) is 1. The summed E-state index contributed by atoms with van der Waals surface area (Å²) in [4.78, 5) is 12.1. The number of carbonyl (C=O) groups excluding carboxylic acids is 1. The summed E-state index contributed by atoms with van der Waals surface area (Å²) in [6, 6.07) is 4.74. The summed E-state index contributed by atoms with van der Waals surface area (Å²) in [6.45, 7) is 1.67. The monoisotopic (exact) mass is 347 g/mol. The maximum atomic E-state index is 12.1. The summed E-state index contributed by atoms with van der Waals surface area (Å²) in [5, 5.41) is 18.1. The average molecular weight is 348 g/mol. The Kier molecular flexibility index (Phi) is 4.97. The highest BCUT2D eigenvalue weighted by Gasteiger charge is 2.23. The molecular formula is C12H11Cl2N3O3S. The number of anilines is 1. The molecular weight excluding hydrogens is 337 g/mol. The summed E-state index contributed by atoms with van der Waals surface area (Å²) in [7, 11) is 1.56. The lowest BCUT2D eigenvalue weighted by Crippen LogP contribution is -2.33. The van der Waals surface area contributed by atoms with Crippen molar-refractivity contribution in [2.24, 2.45) is 7.05 Å². The summed E-state index contributed by atoms with van der Waals surface area (Å²) in [5.41, 5.74) is 0.488. The van der Waals surface area contributed by atoms with Gasteiger partial charge in [-0.1, -0.05) is 27.9 Å². The molecule has 21 heavy (non-hydrogen) atoms.